The smallest absolute Gasteiger partial charge is 0.233 e. The number of aromatic nitrogens is 1. The van der Waals surface area contributed by atoms with E-state index in [1.54, 1.807) is 18.4 Å². The van der Waals surface area contributed by atoms with E-state index >= 15 is 0 Å². The number of benzene rings is 2. The van der Waals surface area contributed by atoms with Crippen LogP contribution in [-0.4, -0.2) is 50.1 Å². The van der Waals surface area contributed by atoms with E-state index in [4.69, 9.17) is 9.72 Å². The summed E-state index contributed by atoms with van der Waals surface area (Å²) in [5.41, 5.74) is 1.88. The number of amides is 1. The molecule has 3 aromatic rings. The first-order valence-corrected chi connectivity index (χ1v) is 9.82. The van der Waals surface area contributed by atoms with Crippen molar-refractivity contribution in [1.29, 1.82) is 0 Å². The highest BCUT2D eigenvalue weighted by Crippen LogP contribution is 2.31. The van der Waals surface area contributed by atoms with Crippen LogP contribution < -0.4 is 9.64 Å². The second-order valence-corrected chi connectivity index (χ2v) is 7.70. The Morgan fingerprint density at radius 1 is 1.11 bits per heavy atom. The summed E-state index contributed by atoms with van der Waals surface area (Å²) in [5.74, 6) is 0.847. The minimum absolute atomic E-state index is 0. The Morgan fingerprint density at radius 3 is 2.54 bits per heavy atom. The molecule has 0 spiro atoms. The fourth-order valence-electron chi connectivity index (χ4n) is 2.88. The number of hydrogen-bond acceptors (Lipinski definition) is 5. The lowest BCUT2D eigenvalue weighted by Gasteiger charge is -2.21. The van der Waals surface area contributed by atoms with Gasteiger partial charge in [-0.1, -0.05) is 41.7 Å². The SMILES string of the molecule is COc1ccc2sc(N(CCCN(C)C)C(=O)Cc3ccccc3)nc2c1.Cl. The molecule has 0 aliphatic rings. The first kappa shape index (κ1) is 22.1. The molecule has 1 amide bonds. The summed E-state index contributed by atoms with van der Waals surface area (Å²) in [4.78, 5) is 21.7. The van der Waals surface area contributed by atoms with Crippen molar-refractivity contribution in [3.8, 4) is 5.75 Å². The maximum Gasteiger partial charge on any atom is 0.233 e. The zero-order valence-electron chi connectivity index (χ0n) is 16.4. The first-order valence-electron chi connectivity index (χ1n) is 9.00. The zero-order valence-corrected chi connectivity index (χ0v) is 18.1. The van der Waals surface area contributed by atoms with Crippen LogP contribution in [-0.2, 0) is 11.2 Å². The molecule has 0 radical (unpaired) electrons. The lowest BCUT2D eigenvalue weighted by atomic mass is 10.1. The van der Waals surface area contributed by atoms with E-state index in [2.05, 4.69) is 4.90 Å². The highest BCUT2D eigenvalue weighted by atomic mass is 35.5. The molecule has 2 aromatic carbocycles. The Labute approximate surface area is 176 Å². The molecular weight excluding hydrogens is 394 g/mol. The molecule has 1 heterocycles. The van der Waals surface area contributed by atoms with Gasteiger partial charge in [0.05, 0.1) is 23.7 Å². The van der Waals surface area contributed by atoms with Crippen LogP contribution in [0.1, 0.15) is 12.0 Å². The van der Waals surface area contributed by atoms with Crippen molar-refractivity contribution < 1.29 is 9.53 Å². The van der Waals surface area contributed by atoms with Crippen LogP contribution in [0.4, 0.5) is 5.13 Å². The lowest BCUT2D eigenvalue weighted by Crippen LogP contribution is -2.34. The first-order chi connectivity index (χ1) is 13.1. The summed E-state index contributed by atoms with van der Waals surface area (Å²) in [6, 6.07) is 15.7. The molecule has 0 bridgehead atoms. The third-order valence-corrected chi connectivity index (χ3v) is 5.36. The van der Waals surface area contributed by atoms with Gasteiger partial charge < -0.3 is 9.64 Å². The number of nitrogens with zero attached hydrogens (tertiary/aromatic N) is 3. The van der Waals surface area contributed by atoms with Gasteiger partial charge in [-0.15, -0.1) is 12.4 Å². The molecule has 0 aliphatic heterocycles. The van der Waals surface area contributed by atoms with Crippen LogP contribution in [0.25, 0.3) is 10.2 Å². The molecule has 0 N–H and O–H groups in total. The van der Waals surface area contributed by atoms with Crippen molar-refractivity contribution in [2.45, 2.75) is 12.8 Å². The number of carbonyl (C=O) groups excluding carboxylic acids is 1. The topological polar surface area (TPSA) is 45.7 Å². The van der Waals surface area contributed by atoms with Gasteiger partial charge in [0, 0.05) is 12.6 Å². The van der Waals surface area contributed by atoms with E-state index in [0.717, 1.165) is 39.6 Å². The Kier molecular flexibility index (Phi) is 8.23. The average Bonchev–Trinajstić information content (AvgIpc) is 3.08. The number of methoxy groups -OCH3 is 1. The normalized spacial score (nSPS) is 10.7. The number of rotatable bonds is 8. The molecule has 28 heavy (non-hydrogen) atoms. The van der Waals surface area contributed by atoms with Gasteiger partial charge in [0.25, 0.3) is 0 Å². The van der Waals surface area contributed by atoms with E-state index in [1.807, 2.05) is 67.5 Å². The highest BCUT2D eigenvalue weighted by molar-refractivity contribution is 7.22. The maximum absolute atomic E-state index is 13.0. The molecule has 0 fully saturated rings. The third kappa shape index (κ3) is 5.67. The predicted molar refractivity (Wildman–Crippen MR) is 119 cm³/mol. The molecule has 0 unspecified atom stereocenters. The van der Waals surface area contributed by atoms with Crippen LogP contribution in [0.2, 0.25) is 0 Å². The van der Waals surface area contributed by atoms with Crippen molar-refractivity contribution in [1.82, 2.24) is 9.88 Å². The van der Waals surface area contributed by atoms with Crippen LogP contribution in [0.3, 0.4) is 0 Å². The Morgan fingerprint density at radius 2 is 1.86 bits per heavy atom. The summed E-state index contributed by atoms with van der Waals surface area (Å²) in [6.07, 6.45) is 1.27. The summed E-state index contributed by atoms with van der Waals surface area (Å²) >= 11 is 1.55. The summed E-state index contributed by atoms with van der Waals surface area (Å²) in [6.45, 7) is 1.58. The Hall–Kier alpha value is -2.15. The second-order valence-electron chi connectivity index (χ2n) is 6.69. The van der Waals surface area contributed by atoms with Gasteiger partial charge >= 0.3 is 0 Å². The van der Waals surface area contributed by atoms with Gasteiger partial charge in [-0.2, -0.15) is 0 Å². The van der Waals surface area contributed by atoms with Crippen molar-refractivity contribution in [3.63, 3.8) is 0 Å². The quantitative estimate of drug-likeness (QED) is 0.547. The molecule has 3 rings (SSSR count). The molecule has 0 saturated heterocycles. The zero-order chi connectivity index (χ0) is 19.2. The van der Waals surface area contributed by atoms with Gasteiger partial charge in [0.15, 0.2) is 5.13 Å². The number of carbonyl (C=O) groups is 1. The van der Waals surface area contributed by atoms with Gasteiger partial charge in [0.2, 0.25) is 5.91 Å². The van der Waals surface area contributed by atoms with Crippen molar-refractivity contribution >= 4 is 45.0 Å². The number of fused-ring (bicyclic) bond motifs is 1. The van der Waals surface area contributed by atoms with Gasteiger partial charge in [-0.25, -0.2) is 4.98 Å². The van der Waals surface area contributed by atoms with Crippen molar-refractivity contribution in [3.05, 3.63) is 54.1 Å². The Bertz CT molecular complexity index is 899. The van der Waals surface area contributed by atoms with E-state index in [0.29, 0.717) is 13.0 Å². The van der Waals surface area contributed by atoms with Gasteiger partial charge in [0.1, 0.15) is 5.75 Å². The van der Waals surface area contributed by atoms with E-state index in [9.17, 15) is 4.79 Å². The summed E-state index contributed by atoms with van der Waals surface area (Å²) < 4.78 is 6.34. The number of hydrogen-bond donors (Lipinski definition) is 0. The average molecular weight is 420 g/mol. The van der Waals surface area contributed by atoms with Crippen LogP contribution in [0.5, 0.6) is 5.75 Å². The fourth-order valence-corrected chi connectivity index (χ4v) is 3.86. The lowest BCUT2D eigenvalue weighted by molar-refractivity contribution is -0.118. The Balaban J connectivity index is 0.00000280. The third-order valence-electron chi connectivity index (χ3n) is 4.30. The molecule has 1 aromatic heterocycles. The summed E-state index contributed by atoms with van der Waals surface area (Å²) in [5, 5.41) is 0.748. The minimum Gasteiger partial charge on any atom is -0.497 e. The molecule has 150 valence electrons. The second kappa shape index (κ2) is 10.4. The number of thiazole rings is 1. The maximum atomic E-state index is 13.0. The molecule has 0 aliphatic carbocycles. The largest absolute Gasteiger partial charge is 0.497 e. The molecule has 5 nitrogen and oxygen atoms in total. The molecule has 0 saturated carbocycles. The molecule has 0 atom stereocenters. The van der Waals surface area contributed by atoms with E-state index in [1.165, 1.54) is 0 Å². The number of anilines is 1. The standard InChI is InChI=1S/C21H25N3O2S.ClH/c1-23(2)12-7-13-24(20(25)14-16-8-5-4-6-9-16)21-22-18-15-17(26-3)10-11-19(18)27-21;/h4-6,8-11,15H,7,12-14H2,1-3H3;1H. The van der Waals surface area contributed by atoms with Crippen LogP contribution >= 0.6 is 23.7 Å². The number of ether oxygens (including phenoxy) is 1. The van der Waals surface area contributed by atoms with Crippen LogP contribution in [0.15, 0.2) is 48.5 Å². The van der Waals surface area contributed by atoms with Crippen molar-refractivity contribution in [2.24, 2.45) is 0 Å². The van der Waals surface area contributed by atoms with Gasteiger partial charge in [-0.05, 0) is 44.8 Å². The van der Waals surface area contributed by atoms with E-state index < -0.39 is 0 Å². The number of halogens is 1. The molecular formula is C21H26ClN3O2S. The van der Waals surface area contributed by atoms with Gasteiger partial charge in [-0.3, -0.25) is 9.69 Å². The van der Waals surface area contributed by atoms with Crippen LogP contribution in [0, 0.1) is 0 Å². The fraction of sp³-hybridized carbons (Fsp3) is 0.333. The molecule has 7 heteroatoms. The monoisotopic (exact) mass is 419 g/mol. The predicted octanol–water partition coefficient (Wildman–Crippen LogP) is 4.25. The summed E-state index contributed by atoms with van der Waals surface area (Å²) in [7, 11) is 5.73. The highest BCUT2D eigenvalue weighted by Gasteiger charge is 2.20. The minimum atomic E-state index is 0. The van der Waals surface area contributed by atoms with E-state index in [-0.39, 0.29) is 18.3 Å². The van der Waals surface area contributed by atoms with Crippen molar-refractivity contribution in [2.75, 3.05) is 39.2 Å².